The molecule has 0 amide bonds. The largest absolute Gasteiger partial charge is 3.00 e. The van der Waals surface area contributed by atoms with Crippen LogP contribution < -0.4 is 0 Å². The second kappa shape index (κ2) is 23.5. The Morgan fingerprint density at radius 1 is 0.476 bits per heavy atom. The SMILES string of the molecule is CC(C)c1cccc(C(C)C)c1-c1cccc(-c2c(C(C)C)cccc2C(C)C)c1[NH-].[Al+3].[CH2-]C(C)c1cccc(C(C)C)c1N=C(C)C=C(C)[N-]c1c(C(C)C)cccc1C(C)C. The maximum atomic E-state index is 9.37. The van der Waals surface area contributed by atoms with Crippen LogP contribution in [-0.2, 0) is 0 Å². The molecule has 0 fully saturated rings. The van der Waals surface area contributed by atoms with Crippen molar-refractivity contribution in [3.8, 4) is 22.3 Å². The average molecular weight is 856 g/mol. The Morgan fingerprint density at radius 2 is 0.778 bits per heavy atom. The Balaban J connectivity index is 0.000000330. The van der Waals surface area contributed by atoms with Gasteiger partial charge in [0.25, 0.3) is 0 Å². The topological polar surface area (TPSA) is 50.3 Å². The summed E-state index contributed by atoms with van der Waals surface area (Å²) in [6.45, 7) is 41.9. The number of nitrogens with zero attached hydrogens (tertiary/aromatic N) is 2. The molecule has 0 aliphatic heterocycles. The number of rotatable bonds is 14. The van der Waals surface area contributed by atoms with Crippen molar-refractivity contribution in [2.75, 3.05) is 0 Å². The maximum absolute atomic E-state index is 9.37. The minimum atomic E-state index is 0. The van der Waals surface area contributed by atoms with E-state index in [0.29, 0.717) is 47.1 Å². The first-order valence-corrected chi connectivity index (χ1v) is 23.3. The van der Waals surface area contributed by atoms with Crippen molar-refractivity contribution in [2.45, 2.75) is 165 Å². The number of para-hydroxylation sites is 2. The van der Waals surface area contributed by atoms with Crippen LogP contribution in [0.5, 0.6) is 0 Å². The summed E-state index contributed by atoms with van der Waals surface area (Å²) >= 11 is 0. The molecule has 3 nitrogen and oxygen atoms in total. The van der Waals surface area contributed by atoms with Gasteiger partial charge in [0.2, 0.25) is 0 Å². The van der Waals surface area contributed by atoms with E-state index in [9.17, 15) is 5.73 Å². The van der Waals surface area contributed by atoms with Gasteiger partial charge in [-0.25, -0.2) is 0 Å². The fourth-order valence-electron chi connectivity index (χ4n) is 8.63. The molecule has 1 atom stereocenters. The van der Waals surface area contributed by atoms with Gasteiger partial charge in [0.1, 0.15) is 0 Å². The monoisotopic (exact) mass is 856 g/mol. The standard InChI is InChI=1S/C30H38N.C29H40N2.Al/c1-18(2)22-12-9-13-23(19(3)4)28(22)26-16-11-17-27(30(26)31)29-24(20(5)6)14-10-15-25(29)21(7)8;1-18(2)24-13-11-14-25(19(3)4)28(24)30-22(9)17-23(10)31-29-26(20(5)6)15-12-16-27(29)21(7)8;/h9-21,31H,1-8H3;11-21H,1H2,2-10H3;/q-1;-2;+3. The van der Waals surface area contributed by atoms with E-state index in [0.717, 1.165) is 33.9 Å². The molecule has 4 heteroatoms. The molecule has 5 aromatic carbocycles. The van der Waals surface area contributed by atoms with E-state index in [2.05, 4.69) is 222 Å². The van der Waals surface area contributed by atoms with E-state index in [1.165, 1.54) is 55.6 Å². The van der Waals surface area contributed by atoms with E-state index in [1.807, 2.05) is 0 Å². The summed E-state index contributed by atoms with van der Waals surface area (Å²) in [4.78, 5) is 5.04. The molecule has 0 spiro atoms. The van der Waals surface area contributed by atoms with Gasteiger partial charge >= 0.3 is 17.4 Å². The third-order valence-electron chi connectivity index (χ3n) is 11.9. The molecule has 0 saturated heterocycles. The predicted molar refractivity (Wildman–Crippen MR) is 282 cm³/mol. The molecule has 5 aromatic rings. The summed E-state index contributed by atoms with van der Waals surface area (Å²) in [5.41, 5.74) is 29.1. The van der Waals surface area contributed by atoms with Crippen molar-refractivity contribution in [3.63, 3.8) is 0 Å². The molecule has 0 bridgehead atoms. The van der Waals surface area contributed by atoms with Gasteiger partial charge < -0.3 is 18.0 Å². The van der Waals surface area contributed by atoms with Crippen molar-refractivity contribution in [2.24, 2.45) is 4.99 Å². The second-order valence-corrected chi connectivity index (χ2v) is 19.6. The summed E-state index contributed by atoms with van der Waals surface area (Å²) < 4.78 is 0. The number of nitrogens with one attached hydrogen (secondary N) is 1. The average Bonchev–Trinajstić information content (AvgIpc) is 3.20. The first-order chi connectivity index (χ1) is 29.2. The van der Waals surface area contributed by atoms with Crippen LogP contribution in [0.2, 0.25) is 0 Å². The summed E-state index contributed by atoms with van der Waals surface area (Å²) in [5.74, 6) is 3.09. The zero-order chi connectivity index (χ0) is 46.2. The fourth-order valence-corrected chi connectivity index (χ4v) is 8.63. The molecule has 0 aromatic heterocycles. The maximum Gasteiger partial charge on any atom is 3.00 e. The van der Waals surface area contributed by atoms with Crippen LogP contribution in [0.25, 0.3) is 33.3 Å². The summed E-state index contributed by atoms with van der Waals surface area (Å²) in [6.07, 6.45) is 2.09. The zero-order valence-corrected chi connectivity index (χ0v) is 43.2. The molecule has 0 saturated carbocycles. The van der Waals surface area contributed by atoms with Crippen molar-refractivity contribution in [1.82, 2.24) is 0 Å². The van der Waals surface area contributed by atoms with Gasteiger partial charge in [-0.15, -0.1) is 17.3 Å². The minimum Gasteiger partial charge on any atom is -0.698 e. The van der Waals surface area contributed by atoms with Crippen molar-refractivity contribution >= 4 is 40.1 Å². The van der Waals surface area contributed by atoms with Gasteiger partial charge in [-0.05, 0) is 104 Å². The number of benzene rings is 5. The Kier molecular flexibility index (Phi) is 19.8. The molecule has 1 N–H and O–H groups in total. The smallest absolute Gasteiger partial charge is 0.698 e. The Labute approximate surface area is 395 Å². The van der Waals surface area contributed by atoms with E-state index >= 15 is 0 Å². The molecule has 0 aliphatic rings. The molecule has 332 valence electrons. The molecular weight excluding hydrogens is 778 g/mol. The van der Waals surface area contributed by atoms with Crippen LogP contribution >= 0.6 is 0 Å². The van der Waals surface area contributed by atoms with Gasteiger partial charge in [-0.1, -0.05) is 219 Å². The second-order valence-electron chi connectivity index (χ2n) is 19.6. The zero-order valence-electron chi connectivity index (χ0n) is 42.0. The van der Waals surface area contributed by atoms with Crippen LogP contribution in [-0.4, -0.2) is 23.1 Å². The van der Waals surface area contributed by atoms with Crippen molar-refractivity contribution < 1.29 is 0 Å². The third-order valence-corrected chi connectivity index (χ3v) is 11.9. The first kappa shape index (κ1) is 53.0. The summed E-state index contributed by atoms with van der Waals surface area (Å²) in [6, 6.07) is 32.7. The van der Waals surface area contributed by atoms with Gasteiger partial charge in [-0.2, -0.15) is 5.70 Å². The van der Waals surface area contributed by atoms with E-state index < -0.39 is 0 Å². The van der Waals surface area contributed by atoms with E-state index in [1.54, 1.807) is 0 Å². The van der Waals surface area contributed by atoms with Crippen LogP contribution in [0.4, 0.5) is 17.1 Å². The van der Waals surface area contributed by atoms with Gasteiger partial charge in [0.15, 0.2) is 0 Å². The van der Waals surface area contributed by atoms with Crippen LogP contribution in [0.15, 0.2) is 108 Å². The minimum absolute atomic E-state index is 0. The normalized spacial score (nSPS) is 12.7. The van der Waals surface area contributed by atoms with Crippen LogP contribution in [0, 0.1) is 6.92 Å². The Hall–Kier alpha value is -4.36. The van der Waals surface area contributed by atoms with Crippen molar-refractivity contribution in [3.05, 3.63) is 165 Å². The van der Waals surface area contributed by atoms with E-state index in [-0.39, 0.29) is 23.3 Å². The van der Waals surface area contributed by atoms with Crippen LogP contribution in [0.3, 0.4) is 0 Å². The van der Waals surface area contributed by atoms with Crippen LogP contribution in [0.1, 0.15) is 210 Å². The van der Waals surface area contributed by atoms with E-state index in [4.69, 9.17) is 10.3 Å². The predicted octanol–water partition coefficient (Wildman–Crippen LogP) is 19.5. The number of hydrogen-bond acceptors (Lipinski definition) is 1. The number of aliphatic imine (C=N–C) groups is 1. The molecule has 0 radical (unpaired) electrons. The summed E-state index contributed by atoms with van der Waals surface area (Å²) in [7, 11) is 0. The van der Waals surface area contributed by atoms with Gasteiger partial charge in [-0.3, -0.25) is 4.99 Å². The quantitative estimate of drug-likeness (QED) is 0.0607. The first-order valence-electron chi connectivity index (χ1n) is 23.3. The number of allylic oxidation sites excluding steroid dienone is 2. The molecular formula is C59H78AlN3. The Bertz CT molecular complexity index is 2150. The van der Waals surface area contributed by atoms with Crippen molar-refractivity contribution in [1.29, 1.82) is 0 Å². The molecule has 0 aliphatic carbocycles. The molecule has 5 rings (SSSR count). The fraction of sp³-hybridized carbons (Fsp3) is 0.424. The van der Waals surface area contributed by atoms with Gasteiger partial charge in [0, 0.05) is 5.71 Å². The Morgan fingerprint density at radius 3 is 1.11 bits per heavy atom. The third kappa shape index (κ3) is 12.9. The molecule has 1 unspecified atom stereocenters. The summed E-state index contributed by atoms with van der Waals surface area (Å²) in [5, 5.41) is 5.07. The van der Waals surface area contributed by atoms with Gasteiger partial charge in [0.05, 0.1) is 5.69 Å². The molecule has 63 heavy (non-hydrogen) atoms. The number of hydrogen-bond donors (Lipinski definition) is 0. The molecule has 0 heterocycles.